The Morgan fingerprint density at radius 1 is 0.659 bits per heavy atom. The van der Waals surface area contributed by atoms with E-state index in [4.69, 9.17) is 0 Å². The van der Waals surface area contributed by atoms with E-state index < -0.39 is 0 Å². The fourth-order valence-electron chi connectivity index (χ4n) is 6.34. The van der Waals surface area contributed by atoms with E-state index in [2.05, 4.69) is 138 Å². The zero-order chi connectivity index (χ0) is 28.3. The molecule has 4 aromatic carbocycles. The second-order valence-corrected chi connectivity index (χ2v) is 11.6. The average molecular weight is 546 g/mol. The summed E-state index contributed by atoms with van der Waals surface area (Å²) in [4.78, 5) is 5.44. The van der Waals surface area contributed by atoms with Gasteiger partial charge in [-0.2, -0.15) is 0 Å². The maximum atomic E-state index is 3.98. The summed E-state index contributed by atoms with van der Waals surface area (Å²) < 4.78 is 0. The average Bonchev–Trinajstić information content (AvgIpc) is 3.03. The molecule has 0 aromatic heterocycles. The third kappa shape index (κ3) is 8.31. The van der Waals surface area contributed by atoms with Crippen LogP contribution in [0.1, 0.15) is 54.5 Å². The SMILES string of the molecule is CCc1cccc(CC)c1NC1CCN(C[C@H](Cc2ccccc2)N(Cc2ccccc2)Cc2ccccc2)CC1. The smallest absolute Gasteiger partial charge is 0.0407 e. The van der Waals surface area contributed by atoms with Crippen molar-refractivity contribution in [3.8, 4) is 0 Å². The van der Waals surface area contributed by atoms with Crippen LogP contribution in [0.15, 0.2) is 109 Å². The topological polar surface area (TPSA) is 18.5 Å². The molecule has 1 fully saturated rings. The van der Waals surface area contributed by atoms with Crippen molar-refractivity contribution in [2.75, 3.05) is 25.0 Å². The normalized spacial score (nSPS) is 15.2. The molecule has 0 unspecified atom stereocenters. The minimum absolute atomic E-state index is 0.426. The van der Waals surface area contributed by atoms with Crippen LogP contribution in [0.2, 0.25) is 0 Å². The lowest BCUT2D eigenvalue weighted by molar-refractivity contribution is 0.110. The standard InChI is InChI=1S/C38H47N3/c1-3-34-21-14-22-35(4-2)38(34)39-36-23-25-40(26-24-36)30-37(27-31-15-8-5-9-16-31)41(28-32-17-10-6-11-18-32)29-33-19-12-7-13-20-33/h5-22,36-37,39H,3-4,23-30H2,1-2H3/t37-/m0/s1. The Balaban J connectivity index is 1.31. The number of rotatable bonds is 13. The van der Waals surface area contributed by atoms with E-state index in [1.165, 1.54) is 46.3 Å². The molecule has 0 aliphatic carbocycles. The first-order chi connectivity index (χ1) is 20.2. The molecule has 0 amide bonds. The molecule has 41 heavy (non-hydrogen) atoms. The lowest BCUT2D eigenvalue weighted by Gasteiger charge is -2.39. The zero-order valence-electron chi connectivity index (χ0n) is 25.0. The molecule has 1 aliphatic heterocycles. The fourth-order valence-corrected chi connectivity index (χ4v) is 6.34. The van der Waals surface area contributed by atoms with Crippen molar-refractivity contribution in [3.63, 3.8) is 0 Å². The van der Waals surface area contributed by atoms with Crippen LogP contribution in [0.3, 0.4) is 0 Å². The van der Waals surface area contributed by atoms with E-state index in [0.29, 0.717) is 12.1 Å². The number of hydrogen-bond donors (Lipinski definition) is 1. The van der Waals surface area contributed by atoms with E-state index >= 15 is 0 Å². The van der Waals surface area contributed by atoms with Crippen molar-refractivity contribution in [1.29, 1.82) is 0 Å². The van der Waals surface area contributed by atoms with E-state index in [9.17, 15) is 0 Å². The minimum atomic E-state index is 0.426. The Bertz CT molecular complexity index is 1230. The molecular formula is C38H47N3. The van der Waals surface area contributed by atoms with Gasteiger partial charge in [0.05, 0.1) is 0 Å². The van der Waals surface area contributed by atoms with Gasteiger partial charge >= 0.3 is 0 Å². The highest BCUT2D eigenvalue weighted by atomic mass is 15.2. The second kappa shape index (κ2) is 15.0. The molecule has 3 nitrogen and oxygen atoms in total. The van der Waals surface area contributed by atoms with Crippen LogP contribution < -0.4 is 5.32 Å². The van der Waals surface area contributed by atoms with E-state index in [0.717, 1.165) is 52.0 Å². The first-order valence-corrected chi connectivity index (χ1v) is 15.7. The van der Waals surface area contributed by atoms with E-state index in [1.807, 2.05) is 0 Å². The zero-order valence-corrected chi connectivity index (χ0v) is 25.0. The molecule has 3 heteroatoms. The van der Waals surface area contributed by atoms with E-state index in [1.54, 1.807) is 0 Å². The van der Waals surface area contributed by atoms with Crippen LogP contribution in [-0.2, 0) is 32.4 Å². The second-order valence-electron chi connectivity index (χ2n) is 11.6. The van der Waals surface area contributed by atoms with Crippen molar-refractivity contribution in [2.24, 2.45) is 0 Å². The molecular weight excluding hydrogens is 498 g/mol. The van der Waals surface area contributed by atoms with Crippen molar-refractivity contribution < 1.29 is 0 Å². The summed E-state index contributed by atoms with van der Waals surface area (Å²) in [6, 6.07) is 40.8. The van der Waals surface area contributed by atoms with Gasteiger partial charge in [0.15, 0.2) is 0 Å². The summed E-state index contributed by atoms with van der Waals surface area (Å²) in [5, 5.41) is 3.98. The molecule has 4 aromatic rings. The highest BCUT2D eigenvalue weighted by Gasteiger charge is 2.26. The lowest BCUT2D eigenvalue weighted by Crippen LogP contribution is -2.48. The quantitative estimate of drug-likeness (QED) is 0.184. The van der Waals surface area contributed by atoms with Gasteiger partial charge in [-0.1, -0.05) is 123 Å². The molecule has 1 saturated heterocycles. The number of aryl methyl sites for hydroxylation is 2. The number of piperidine rings is 1. The Kier molecular flexibility index (Phi) is 10.7. The van der Waals surface area contributed by atoms with E-state index in [-0.39, 0.29) is 0 Å². The lowest BCUT2D eigenvalue weighted by atomic mass is 9.98. The molecule has 5 rings (SSSR count). The fraction of sp³-hybridized carbons (Fsp3) is 0.368. The Hall–Kier alpha value is -3.40. The third-order valence-electron chi connectivity index (χ3n) is 8.69. The Morgan fingerprint density at radius 3 is 1.63 bits per heavy atom. The molecule has 0 bridgehead atoms. The van der Waals surface area contributed by atoms with Crippen LogP contribution in [0.5, 0.6) is 0 Å². The molecule has 0 spiro atoms. The van der Waals surface area contributed by atoms with Gasteiger partial charge in [0.25, 0.3) is 0 Å². The van der Waals surface area contributed by atoms with Crippen LogP contribution in [-0.4, -0.2) is 41.5 Å². The monoisotopic (exact) mass is 545 g/mol. The third-order valence-corrected chi connectivity index (χ3v) is 8.69. The predicted molar refractivity (Wildman–Crippen MR) is 174 cm³/mol. The summed E-state index contributed by atoms with van der Waals surface area (Å²) in [6.45, 7) is 9.83. The molecule has 0 radical (unpaired) electrons. The van der Waals surface area contributed by atoms with Crippen LogP contribution in [0.25, 0.3) is 0 Å². The Morgan fingerprint density at radius 2 is 1.15 bits per heavy atom. The summed E-state index contributed by atoms with van der Waals surface area (Å²) in [6.07, 6.45) is 5.60. The van der Waals surface area contributed by atoms with Crippen molar-refractivity contribution >= 4 is 5.69 Å². The van der Waals surface area contributed by atoms with Gasteiger partial charge in [-0.25, -0.2) is 0 Å². The summed E-state index contributed by atoms with van der Waals surface area (Å²) >= 11 is 0. The van der Waals surface area contributed by atoms with Gasteiger partial charge in [-0.15, -0.1) is 0 Å². The highest BCUT2D eigenvalue weighted by Crippen LogP contribution is 2.26. The first kappa shape index (κ1) is 29.1. The number of anilines is 1. The molecule has 214 valence electrons. The minimum Gasteiger partial charge on any atom is -0.382 e. The van der Waals surface area contributed by atoms with Crippen molar-refractivity contribution in [1.82, 2.24) is 9.80 Å². The number of nitrogens with zero attached hydrogens (tertiary/aromatic N) is 2. The van der Waals surface area contributed by atoms with Crippen LogP contribution >= 0.6 is 0 Å². The summed E-state index contributed by atoms with van der Waals surface area (Å²) in [5.74, 6) is 0. The summed E-state index contributed by atoms with van der Waals surface area (Å²) in [5.41, 5.74) is 8.48. The Labute approximate surface area is 248 Å². The molecule has 1 heterocycles. The molecule has 0 saturated carbocycles. The van der Waals surface area contributed by atoms with Gasteiger partial charge in [0, 0.05) is 50.5 Å². The van der Waals surface area contributed by atoms with Crippen LogP contribution in [0.4, 0.5) is 5.69 Å². The van der Waals surface area contributed by atoms with Crippen molar-refractivity contribution in [2.45, 2.75) is 71.1 Å². The summed E-state index contributed by atoms with van der Waals surface area (Å²) in [7, 11) is 0. The number of likely N-dealkylation sites (tertiary alicyclic amines) is 1. The maximum absolute atomic E-state index is 3.98. The van der Waals surface area contributed by atoms with Gasteiger partial charge < -0.3 is 10.2 Å². The largest absolute Gasteiger partial charge is 0.382 e. The number of nitrogens with one attached hydrogen (secondary N) is 1. The number of para-hydroxylation sites is 1. The van der Waals surface area contributed by atoms with Gasteiger partial charge in [-0.3, -0.25) is 4.90 Å². The molecule has 1 atom stereocenters. The molecule has 1 aliphatic rings. The number of benzene rings is 4. The van der Waals surface area contributed by atoms with Gasteiger partial charge in [-0.05, 0) is 59.9 Å². The van der Waals surface area contributed by atoms with Crippen LogP contribution in [0, 0.1) is 0 Å². The van der Waals surface area contributed by atoms with Gasteiger partial charge in [0.2, 0.25) is 0 Å². The number of hydrogen-bond acceptors (Lipinski definition) is 3. The first-order valence-electron chi connectivity index (χ1n) is 15.7. The van der Waals surface area contributed by atoms with Gasteiger partial charge in [0.1, 0.15) is 0 Å². The highest BCUT2D eigenvalue weighted by molar-refractivity contribution is 5.58. The molecule has 1 N–H and O–H groups in total. The predicted octanol–water partition coefficient (Wildman–Crippen LogP) is 8.00. The van der Waals surface area contributed by atoms with Crippen molar-refractivity contribution in [3.05, 3.63) is 137 Å². The maximum Gasteiger partial charge on any atom is 0.0407 e.